The molecule has 0 aliphatic rings. The van der Waals surface area contributed by atoms with Crippen LogP contribution in [0.25, 0.3) is 0 Å². The average molecular weight is 551 g/mol. The number of guanidine groups is 1. The van der Waals surface area contributed by atoms with Crippen molar-refractivity contribution in [3.63, 3.8) is 0 Å². The number of halogens is 1. The molecule has 162 valence electrons. The summed E-state index contributed by atoms with van der Waals surface area (Å²) in [7, 11) is 1.67. The third-order valence-electron chi connectivity index (χ3n) is 3.79. The number of thiazole rings is 1. The van der Waals surface area contributed by atoms with Crippen LogP contribution in [-0.4, -0.2) is 50.1 Å². The van der Waals surface area contributed by atoms with Gasteiger partial charge in [0.15, 0.2) is 5.96 Å². The molecule has 0 aliphatic carbocycles. The van der Waals surface area contributed by atoms with E-state index in [9.17, 15) is 0 Å². The van der Waals surface area contributed by atoms with Crippen LogP contribution in [0.5, 0.6) is 5.75 Å². The van der Waals surface area contributed by atoms with Crippen molar-refractivity contribution in [2.24, 2.45) is 4.99 Å². The lowest BCUT2D eigenvalue weighted by Gasteiger charge is -2.13. The van der Waals surface area contributed by atoms with E-state index in [0.29, 0.717) is 6.54 Å². The molecule has 2 aromatic rings. The molecule has 0 fully saturated rings. The van der Waals surface area contributed by atoms with Crippen LogP contribution < -0.4 is 15.4 Å². The molecule has 1 aromatic heterocycles. The lowest BCUT2D eigenvalue weighted by atomic mass is 10.2. The molecule has 6 nitrogen and oxygen atoms in total. The molecule has 0 atom stereocenters. The molecule has 9 heteroatoms. The van der Waals surface area contributed by atoms with Crippen molar-refractivity contribution in [2.45, 2.75) is 30.6 Å². The van der Waals surface area contributed by atoms with E-state index in [1.165, 1.54) is 0 Å². The van der Waals surface area contributed by atoms with Crippen LogP contribution in [0.2, 0.25) is 0 Å². The number of thioether (sulfide) groups is 1. The van der Waals surface area contributed by atoms with E-state index in [1.54, 1.807) is 30.2 Å². The normalized spacial score (nSPS) is 11.0. The molecule has 1 aromatic carbocycles. The van der Waals surface area contributed by atoms with Crippen molar-refractivity contribution < 1.29 is 9.47 Å². The molecule has 0 aliphatic heterocycles. The monoisotopic (exact) mass is 550 g/mol. The minimum absolute atomic E-state index is 0. The van der Waals surface area contributed by atoms with Gasteiger partial charge in [0, 0.05) is 43.6 Å². The molecule has 2 N–H and O–H groups in total. The fraction of sp³-hybridized carbons (Fsp3) is 0.500. The van der Waals surface area contributed by atoms with Gasteiger partial charge in [-0.2, -0.15) is 0 Å². The van der Waals surface area contributed by atoms with Gasteiger partial charge in [-0.25, -0.2) is 9.98 Å². The Morgan fingerprint density at radius 1 is 1.17 bits per heavy atom. The van der Waals surface area contributed by atoms with Crippen LogP contribution in [0.3, 0.4) is 0 Å². The van der Waals surface area contributed by atoms with Gasteiger partial charge < -0.3 is 20.1 Å². The van der Waals surface area contributed by atoms with E-state index in [4.69, 9.17) is 14.5 Å². The fourth-order valence-electron chi connectivity index (χ4n) is 2.32. The number of aliphatic imine (C=N–C) groups is 1. The summed E-state index contributed by atoms with van der Waals surface area (Å²) in [5.74, 6) is 2.74. The van der Waals surface area contributed by atoms with Gasteiger partial charge in [0.1, 0.15) is 10.1 Å². The van der Waals surface area contributed by atoms with E-state index in [-0.39, 0.29) is 24.0 Å². The van der Waals surface area contributed by atoms with Gasteiger partial charge in [-0.05, 0) is 37.5 Å². The number of hydrogen-bond donors (Lipinski definition) is 2. The maximum atomic E-state index is 5.40. The van der Waals surface area contributed by atoms with E-state index < -0.39 is 0 Å². The van der Waals surface area contributed by atoms with Gasteiger partial charge in [0.25, 0.3) is 0 Å². The van der Waals surface area contributed by atoms with Crippen molar-refractivity contribution >= 4 is 53.0 Å². The predicted octanol–water partition coefficient (Wildman–Crippen LogP) is 4.41. The third-order valence-corrected chi connectivity index (χ3v) is 5.84. The smallest absolute Gasteiger partial charge is 0.191 e. The number of hydrogen-bond acceptors (Lipinski definition) is 6. The van der Waals surface area contributed by atoms with E-state index in [2.05, 4.69) is 15.6 Å². The van der Waals surface area contributed by atoms with E-state index in [1.807, 2.05) is 42.8 Å². The summed E-state index contributed by atoms with van der Waals surface area (Å²) in [6.07, 6.45) is 3.85. The Labute approximate surface area is 199 Å². The number of nitrogens with one attached hydrogen (secondary N) is 2. The molecule has 0 bridgehead atoms. The Hall–Kier alpha value is -1.04. The Morgan fingerprint density at radius 2 is 1.93 bits per heavy atom. The number of nitrogens with zero attached hydrogens (tertiary/aromatic N) is 2. The van der Waals surface area contributed by atoms with E-state index >= 15 is 0 Å². The molecule has 2 rings (SSSR count). The molecule has 0 amide bonds. The number of methoxy groups -OCH3 is 1. The molecule has 0 saturated carbocycles. The van der Waals surface area contributed by atoms with Gasteiger partial charge in [-0.1, -0.05) is 23.9 Å². The summed E-state index contributed by atoms with van der Waals surface area (Å²) < 4.78 is 11.7. The SMILES string of the molecule is CCOCCCNC(=NCc1ccc(OC)cc1)NCCCSc1nccs1.I. The summed E-state index contributed by atoms with van der Waals surface area (Å²) in [6, 6.07) is 8.01. The first-order chi connectivity index (χ1) is 13.8. The summed E-state index contributed by atoms with van der Waals surface area (Å²) in [5.41, 5.74) is 1.15. The van der Waals surface area contributed by atoms with E-state index in [0.717, 1.165) is 66.5 Å². The molecular weight excluding hydrogens is 519 g/mol. The zero-order chi connectivity index (χ0) is 19.9. The highest BCUT2D eigenvalue weighted by atomic mass is 127. The highest BCUT2D eigenvalue weighted by molar-refractivity contribution is 14.0. The van der Waals surface area contributed by atoms with Crippen molar-refractivity contribution in [1.82, 2.24) is 15.6 Å². The maximum Gasteiger partial charge on any atom is 0.191 e. The highest BCUT2D eigenvalue weighted by Gasteiger charge is 2.01. The van der Waals surface area contributed by atoms with Crippen molar-refractivity contribution in [3.05, 3.63) is 41.4 Å². The maximum absolute atomic E-state index is 5.40. The predicted molar refractivity (Wildman–Crippen MR) is 134 cm³/mol. The standard InChI is InChI=1S/C20H30N4O2S2.HI/c1-3-26-13-4-10-21-19(22-11-5-14-27-20-23-12-15-28-20)24-16-17-6-8-18(25-2)9-7-17;/h6-9,12,15H,3-5,10-11,13-14,16H2,1-2H3,(H2,21,22,24);1H. The number of benzene rings is 1. The van der Waals surface area contributed by atoms with Gasteiger partial charge in [0.2, 0.25) is 0 Å². The van der Waals surface area contributed by atoms with Crippen LogP contribution in [-0.2, 0) is 11.3 Å². The zero-order valence-corrected chi connectivity index (χ0v) is 21.0. The average Bonchev–Trinajstić information content (AvgIpc) is 3.25. The molecule has 0 radical (unpaired) electrons. The second-order valence-electron chi connectivity index (χ2n) is 5.92. The lowest BCUT2D eigenvalue weighted by molar-refractivity contribution is 0.145. The quantitative estimate of drug-likeness (QED) is 0.127. The number of rotatable bonds is 13. The Morgan fingerprint density at radius 3 is 2.59 bits per heavy atom. The topological polar surface area (TPSA) is 67.8 Å². The number of ether oxygens (including phenoxy) is 2. The fourth-order valence-corrected chi connectivity index (χ4v) is 3.97. The molecular formula is C20H31IN4O2S2. The first-order valence-electron chi connectivity index (χ1n) is 9.57. The molecule has 0 spiro atoms. The summed E-state index contributed by atoms with van der Waals surface area (Å²) in [5, 5.41) is 8.83. The molecule has 0 unspecified atom stereocenters. The largest absolute Gasteiger partial charge is 0.497 e. The van der Waals surface area contributed by atoms with Crippen molar-refractivity contribution in [3.8, 4) is 5.75 Å². The van der Waals surface area contributed by atoms with Crippen LogP contribution >= 0.6 is 47.1 Å². The molecule has 1 heterocycles. The van der Waals surface area contributed by atoms with Crippen LogP contribution in [0.4, 0.5) is 0 Å². The van der Waals surface area contributed by atoms with Crippen molar-refractivity contribution in [2.75, 3.05) is 39.2 Å². The lowest BCUT2D eigenvalue weighted by Crippen LogP contribution is -2.38. The molecule has 0 saturated heterocycles. The first kappa shape index (κ1) is 26.0. The van der Waals surface area contributed by atoms with Crippen LogP contribution in [0, 0.1) is 0 Å². The van der Waals surface area contributed by atoms with Crippen LogP contribution in [0.1, 0.15) is 25.3 Å². The Bertz CT molecular complexity index is 670. The summed E-state index contributed by atoms with van der Waals surface area (Å²) in [6.45, 7) is 5.87. The van der Waals surface area contributed by atoms with Gasteiger partial charge in [-0.15, -0.1) is 35.3 Å². The second-order valence-corrected chi connectivity index (χ2v) is 8.15. The summed E-state index contributed by atoms with van der Waals surface area (Å²) in [4.78, 5) is 9.00. The minimum Gasteiger partial charge on any atom is -0.497 e. The third kappa shape index (κ3) is 11.7. The first-order valence-corrected chi connectivity index (χ1v) is 11.4. The van der Waals surface area contributed by atoms with Gasteiger partial charge in [0.05, 0.1) is 13.7 Å². The van der Waals surface area contributed by atoms with Gasteiger partial charge >= 0.3 is 0 Å². The second kappa shape index (κ2) is 16.7. The number of aromatic nitrogens is 1. The summed E-state index contributed by atoms with van der Waals surface area (Å²) >= 11 is 3.49. The molecule has 29 heavy (non-hydrogen) atoms. The van der Waals surface area contributed by atoms with Gasteiger partial charge in [-0.3, -0.25) is 0 Å². The highest BCUT2D eigenvalue weighted by Crippen LogP contribution is 2.20. The minimum atomic E-state index is 0. The van der Waals surface area contributed by atoms with Crippen molar-refractivity contribution in [1.29, 1.82) is 0 Å². The Balaban J connectivity index is 0.00000420. The van der Waals surface area contributed by atoms with Crippen LogP contribution in [0.15, 0.2) is 45.2 Å². The Kier molecular flexibility index (Phi) is 15.0. The zero-order valence-electron chi connectivity index (χ0n) is 17.1.